The third-order valence-corrected chi connectivity index (χ3v) is 4.57. The molecule has 0 atom stereocenters. The first-order chi connectivity index (χ1) is 12.2. The Morgan fingerprint density at radius 1 is 1.00 bits per heavy atom. The largest absolute Gasteiger partial charge is 0.497 e. The van der Waals surface area contributed by atoms with Crippen molar-refractivity contribution in [2.75, 3.05) is 50.1 Å². The van der Waals surface area contributed by atoms with Crippen LogP contribution in [0, 0.1) is 6.92 Å². The number of methoxy groups -OCH3 is 1. The van der Waals surface area contributed by atoms with Crippen LogP contribution in [-0.2, 0) is 4.79 Å². The van der Waals surface area contributed by atoms with E-state index in [1.807, 2.05) is 41.3 Å². The summed E-state index contributed by atoms with van der Waals surface area (Å²) in [5, 5.41) is 3.21. The first-order valence-electron chi connectivity index (χ1n) is 8.63. The second-order valence-electron chi connectivity index (χ2n) is 6.29. The summed E-state index contributed by atoms with van der Waals surface area (Å²) >= 11 is 0. The molecule has 1 saturated heterocycles. The summed E-state index contributed by atoms with van der Waals surface area (Å²) in [6, 6.07) is 16.2. The predicted octanol–water partition coefficient (Wildman–Crippen LogP) is 2.76. The Labute approximate surface area is 149 Å². The Bertz CT molecular complexity index is 690. The maximum Gasteiger partial charge on any atom is 0.241 e. The van der Waals surface area contributed by atoms with Crippen molar-refractivity contribution < 1.29 is 9.53 Å². The van der Waals surface area contributed by atoms with E-state index in [4.69, 9.17) is 4.74 Å². The third kappa shape index (κ3) is 4.44. The van der Waals surface area contributed by atoms with E-state index in [2.05, 4.69) is 29.3 Å². The maximum atomic E-state index is 12.4. The van der Waals surface area contributed by atoms with Crippen molar-refractivity contribution in [1.82, 2.24) is 4.90 Å². The van der Waals surface area contributed by atoms with E-state index >= 15 is 0 Å². The first-order valence-corrected chi connectivity index (χ1v) is 8.63. The average molecular weight is 339 g/mol. The van der Waals surface area contributed by atoms with Gasteiger partial charge in [0.05, 0.1) is 13.7 Å². The first kappa shape index (κ1) is 17.1. The SMILES string of the molecule is COc1ccc(N2CCN(C(=O)CNc3ccc(C)cc3)CC2)cc1. The topological polar surface area (TPSA) is 44.8 Å². The number of benzene rings is 2. The monoisotopic (exact) mass is 339 g/mol. The molecule has 0 radical (unpaired) electrons. The van der Waals surface area contributed by atoms with E-state index in [1.54, 1.807) is 7.11 Å². The van der Waals surface area contributed by atoms with Gasteiger partial charge in [-0.15, -0.1) is 0 Å². The average Bonchev–Trinajstić information content (AvgIpc) is 2.67. The van der Waals surface area contributed by atoms with Crippen molar-refractivity contribution in [3.05, 3.63) is 54.1 Å². The number of nitrogens with zero attached hydrogens (tertiary/aromatic N) is 2. The number of anilines is 2. The molecule has 0 bridgehead atoms. The van der Waals surface area contributed by atoms with Crippen molar-refractivity contribution in [2.45, 2.75) is 6.92 Å². The van der Waals surface area contributed by atoms with Gasteiger partial charge in [-0.2, -0.15) is 0 Å². The number of piperazine rings is 1. The summed E-state index contributed by atoms with van der Waals surface area (Å²) in [6.45, 7) is 5.59. The molecule has 0 aliphatic carbocycles. The summed E-state index contributed by atoms with van der Waals surface area (Å²) in [6.07, 6.45) is 0. The molecular weight excluding hydrogens is 314 g/mol. The lowest BCUT2D eigenvalue weighted by Crippen LogP contribution is -2.50. The van der Waals surface area contributed by atoms with Crippen LogP contribution in [0.5, 0.6) is 5.75 Å². The van der Waals surface area contributed by atoms with Gasteiger partial charge in [-0.25, -0.2) is 0 Å². The number of hydrogen-bond donors (Lipinski definition) is 1. The van der Waals surface area contributed by atoms with Crippen LogP contribution in [0.3, 0.4) is 0 Å². The molecular formula is C20H25N3O2. The fourth-order valence-electron chi connectivity index (χ4n) is 2.97. The zero-order valence-corrected chi connectivity index (χ0v) is 14.9. The van der Waals surface area contributed by atoms with E-state index in [0.29, 0.717) is 6.54 Å². The minimum atomic E-state index is 0.148. The fourth-order valence-corrected chi connectivity index (χ4v) is 2.97. The van der Waals surface area contributed by atoms with Crippen LogP contribution in [-0.4, -0.2) is 50.6 Å². The van der Waals surface area contributed by atoms with E-state index in [0.717, 1.165) is 37.6 Å². The highest BCUT2D eigenvalue weighted by atomic mass is 16.5. The normalized spacial score (nSPS) is 14.3. The highest BCUT2D eigenvalue weighted by Gasteiger charge is 2.21. The fraction of sp³-hybridized carbons (Fsp3) is 0.350. The molecule has 1 aliphatic heterocycles. The molecule has 5 nitrogen and oxygen atoms in total. The zero-order valence-electron chi connectivity index (χ0n) is 14.9. The van der Waals surface area contributed by atoms with Crippen LogP contribution in [0.25, 0.3) is 0 Å². The molecule has 3 rings (SSSR count). The number of aryl methyl sites for hydroxylation is 1. The molecule has 2 aromatic carbocycles. The van der Waals surface area contributed by atoms with Crippen molar-refractivity contribution in [3.8, 4) is 5.75 Å². The van der Waals surface area contributed by atoms with Crippen LogP contribution >= 0.6 is 0 Å². The van der Waals surface area contributed by atoms with Crippen molar-refractivity contribution in [3.63, 3.8) is 0 Å². The van der Waals surface area contributed by atoms with Gasteiger partial charge in [-0.05, 0) is 43.3 Å². The number of hydrogen-bond acceptors (Lipinski definition) is 4. The van der Waals surface area contributed by atoms with Crippen molar-refractivity contribution >= 4 is 17.3 Å². The molecule has 5 heteroatoms. The van der Waals surface area contributed by atoms with Crippen LogP contribution in [0.1, 0.15) is 5.56 Å². The van der Waals surface area contributed by atoms with Crippen molar-refractivity contribution in [1.29, 1.82) is 0 Å². The van der Waals surface area contributed by atoms with Crippen LogP contribution in [0.2, 0.25) is 0 Å². The minimum absolute atomic E-state index is 0.148. The summed E-state index contributed by atoms with van der Waals surface area (Å²) in [4.78, 5) is 16.6. The van der Waals surface area contributed by atoms with E-state index < -0.39 is 0 Å². The lowest BCUT2D eigenvalue weighted by atomic mass is 10.2. The molecule has 132 valence electrons. The molecule has 1 N–H and O–H groups in total. The predicted molar refractivity (Wildman–Crippen MR) is 101 cm³/mol. The lowest BCUT2D eigenvalue weighted by molar-refractivity contribution is -0.129. The minimum Gasteiger partial charge on any atom is -0.497 e. The smallest absolute Gasteiger partial charge is 0.241 e. The van der Waals surface area contributed by atoms with E-state index in [9.17, 15) is 4.79 Å². The third-order valence-electron chi connectivity index (χ3n) is 4.57. The highest BCUT2D eigenvalue weighted by molar-refractivity contribution is 5.81. The van der Waals surface area contributed by atoms with Gasteiger partial charge in [0.25, 0.3) is 0 Å². The number of amides is 1. The highest BCUT2D eigenvalue weighted by Crippen LogP contribution is 2.20. The van der Waals surface area contributed by atoms with E-state index in [1.165, 1.54) is 11.3 Å². The summed E-state index contributed by atoms with van der Waals surface area (Å²) in [5.74, 6) is 1.01. The van der Waals surface area contributed by atoms with Gasteiger partial charge in [-0.1, -0.05) is 17.7 Å². The van der Waals surface area contributed by atoms with Gasteiger partial charge in [-0.3, -0.25) is 4.79 Å². The lowest BCUT2D eigenvalue weighted by Gasteiger charge is -2.36. The van der Waals surface area contributed by atoms with Gasteiger partial charge in [0.1, 0.15) is 5.75 Å². The molecule has 25 heavy (non-hydrogen) atoms. The Balaban J connectivity index is 1.47. The number of carbonyl (C=O) groups excluding carboxylic acids is 1. The Morgan fingerprint density at radius 3 is 2.24 bits per heavy atom. The Morgan fingerprint density at radius 2 is 1.64 bits per heavy atom. The van der Waals surface area contributed by atoms with Crippen molar-refractivity contribution in [2.24, 2.45) is 0 Å². The number of rotatable bonds is 5. The van der Waals surface area contributed by atoms with Crippen LogP contribution < -0.4 is 15.0 Å². The van der Waals surface area contributed by atoms with Crippen LogP contribution in [0.4, 0.5) is 11.4 Å². The second kappa shape index (κ2) is 7.92. The van der Waals surface area contributed by atoms with Gasteiger partial charge in [0.2, 0.25) is 5.91 Å². The molecule has 1 aliphatic rings. The number of carbonyl (C=O) groups is 1. The molecule has 0 spiro atoms. The molecule has 0 aromatic heterocycles. The van der Waals surface area contributed by atoms with Gasteiger partial charge >= 0.3 is 0 Å². The molecule has 0 saturated carbocycles. The summed E-state index contributed by atoms with van der Waals surface area (Å²) in [7, 11) is 1.67. The van der Waals surface area contributed by atoms with Gasteiger partial charge in [0, 0.05) is 37.6 Å². The van der Waals surface area contributed by atoms with Gasteiger partial charge < -0.3 is 19.9 Å². The number of ether oxygens (including phenoxy) is 1. The van der Waals surface area contributed by atoms with E-state index in [-0.39, 0.29) is 5.91 Å². The summed E-state index contributed by atoms with van der Waals surface area (Å²) < 4.78 is 5.20. The molecule has 1 heterocycles. The quantitative estimate of drug-likeness (QED) is 0.910. The maximum absolute atomic E-state index is 12.4. The molecule has 2 aromatic rings. The Hall–Kier alpha value is -2.69. The number of nitrogens with one attached hydrogen (secondary N) is 1. The molecule has 1 fully saturated rings. The standard InChI is InChI=1S/C20H25N3O2/c1-16-3-5-17(6-4-16)21-15-20(24)23-13-11-22(12-14-23)18-7-9-19(25-2)10-8-18/h3-10,21H,11-15H2,1-2H3. The molecule has 1 amide bonds. The van der Waals surface area contributed by atoms with Gasteiger partial charge in [0.15, 0.2) is 0 Å². The molecule has 0 unspecified atom stereocenters. The second-order valence-corrected chi connectivity index (χ2v) is 6.29. The summed E-state index contributed by atoms with van der Waals surface area (Å²) in [5.41, 5.74) is 3.37. The van der Waals surface area contributed by atoms with Crippen LogP contribution in [0.15, 0.2) is 48.5 Å². The zero-order chi connectivity index (χ0) is 17.6. The Kier molecular flexibility index (Phi) is 5.43.